The highest BCUT2D eigenvalue weighted by Crippen LogP contribution is 2.27. The van der Waals surface area contributed by atoms with Crippen molar-refractivity contribution in [2.24, 2.45) is 0 Å². The zero-order chi connectivity index (χ0) is 8.72. The van der Waals surface area contributed by atoms with E-state index in [1.165, 1.54) is 0 Å². The van der Waals surface area contributed by atoms with Gasteiger partial charge in [0.15, 0.2) is 0 Å². The van der Waals surface area contributed by atoms with E-state index in [1.807, 2.05) is 13.0 Å². The third-order valence-electron chi connectivity index (χ3n) is 1.75. The number of hydrogen-bond acceptors (Lipinski definition) is 2. The third-order valence-corrected chi connectivity index (χ3v) is 2.16. The van der Waals surface area contributed by atoms with Gasteiger partial charge in [-0.15, -0.1) is 0 Å². The van der Waals surface area contributed by atoms with Crippen LogP contribution < -0.4 is 5.73 Å². The van der Waals surface area contributed by atoms with Crippen LogP contribution >= 0.6 is 11.6 Å². The van der Waals surface area contributed by atoms with Gasteiger partial charge in [-0.3, -0.25) is 0 Å². The molecule has 2 heterocycles. The summed E-state index contributed by atoms with van der Waals surface area (Å²) in [7, 11) is 0. The van der Waals surface area contributed by atoms with Gasteiger partial charge in [0.25, 0.3) is 0 Å². The molecule has 0 amide bonds. The molecule has 2 aromatic rings. The maximum Gasteiger partial charge on any atom is 0.140 e. The molecule has 0 atom stereocenters. The number of fused-ring (bicyclic) bond motifs is 1. The Labute approximate surface area is 74.5 Å². The highest BCUT2D eigenvalue weighted by Gasteiger charge is 2.06. The fourth-order valence-electron chi connectivity index (χ4n) is 1.16. The zero-order valence-corrected chi connectivity index (χ0v) is 7.31. The Morgan fingerprint density at radius 3 is 3.08 bits per heavy atom. The summed E-state index contributed by atoms with van der Waals surface area (Å²) >= 11 is 5.92. The molecule has 0 fully saturated rings. The maximum absolute atomic E-state index is 5.92. The van der Waals surface area contributed by atoms with Gasteiger partial charge in [-0.25, -0.2) is 4.98 Å². The molecule has 0 aliphatic heterocycles. The van der Waals surface area contributed by atoms with Crippen molar-refractivity contribution in [1.29, 1.82) is 0 Å². The Balaban J connectivity index is 2.88. The SMILES string of the molecule is Cc1cnc2[nH]c(N)c(Cl)c2c1. The molecule has 3 nitrogen and oxygen atoms in total. The minimum atomic E-state index is 0.477. The van der Waals surface area contributed by atoms with Crippen LogP contribution in [0.5, 0.6) is 0 Å². The Morgan fingerprint density at radius 2 is 2.33 bits per heavy atom. The molecule has 62 valence electrons. The number of nitrogens with zero attached hydrogens (tertiary/aromatic N) is 1. The van der Waals surface area contributed by atoms with Gasteiger partial charge in [0.2, 0.25) is 0 Å². The first-order chi connectivity index (χ1) is 5.68. The van der Waals surface area contributed by atoms with Crippen LogP contribution in [0.25, 0.3) is 11.0 Å². The second kappa shape index (κ2) is 2.38. The lowest BCUT2D eigenvalue weighted by Crippen LogP contribution is -1.82. The fourth-order valence-corrected chi connectivity index (χ4v) is 1.35. The van der Waals surface area contributed by atoms with Crippen molar-refractivity contribution in [3.05, 3.63) is 22.8 Å². The molecular formula is C8H8ClN3. The second-order valence-electron chi connectivity index (χ2n) is 2.76. The molecule has 0 saturated heterocycles. The van der Waals surface area contributed by atoms with E-state index in [2.05, 4.69) is 9.97 Å². The van der Waals surface area contributed by atoms with Gasteiger partial charge in [-0.05, 0) is 18.6 Å². The van der Waals surface area contributed by atoms with Crippen LogP contribution in [0.3, 0.4) is 0 Å². The summed E-state index contributed by atoms with van der Waals surface area (Å²) in [6, 6.07) is 1.96. The summed E-state index contributed by atoms with van der Waals surface area (Å²) in [5.41, 5.74) is 7.39. The van der Waals surface area contributed by atoms with Gasteiger partial charge >= 0.3 is 0 Å². The average molecular weight is 182 g/mol. The molecule has 0 aromatic carbocycles. The molecule has 12 heavy (non-hydrogen) atoms. The van der Waals surface area contributed by atoms with Crippen molar-refractivity contribution >= 4 is 28.5 Å². The third kappa shape index (κ3) is 0.940. The number of aryl methyl sites for hydroxylation is 1. The average Bonchev–Trinajstić information content (AvgIpc) is 2.31. The monoisotopic (exact) mass is 181 g/mol. The molecule has 0 saturated carbocycles. The van der Waals surface area contributed by atoms with Crippen LogP contribution in [-0.4, -0.2) is 9.97 Å². The van der Waals surface area contributed by atoms with E-state index in [9.17, 15) is 0 Å². The zero-order valence-electron chi connectivity index (χ0n) is 6.56. The van der Waals surface area contributed by atoms with Gasteiger partial charge in [0.1, 0.15) is 11.5 Å². The molecule has 0 radical (unpaired) electrons. The van der Waals surface area contributed by atoms with E-state index in [0.717, 1.165) is 16.6 Å². The largest absolute Gasteiger partial charge is 0.384 e. The molecule has 3 N–H and O–H groups in total. The van der Waals surface area contributed by atoms with Crippen LogP contribution in [0, 0.1) is 6.92 Å². The van der Waals surface area contributed by atoms with Gasteiger partial charge in [-0.1, -0.05) is 11.6 Å². The smallest absolute Gasteiger partial charge is 0.140 e. The van der Waals surface area contributed by atoms with Crippen molar-refractivity contribution in [1.82, 2.24) is 9.97 Å². The minimum Gasteiger partial charge on any atom is -0.384 e. The fraction of sp³-hybridized carbons (Fsp3) is 0.125. The van der Waals surface area contributed by atoms with E-state index in [1.54, 1.807) is 6.20 Å². The number of rotatable bonds is 0. The molecule has 0 aliphatic carbocycles. The normalized spacial score (nSPS) is 10.8. The van der Waals surface area contributed by atoms with E-state index in [4.69, 9.17) is 17.3 Å². The number of aromatic nitrogens is 2. The molecule has 0 aliphatic rings. The number of halogens is 1. The highest BCUT2D eigenvalue weighted by molar-refractivity contribution is 6.37. The van der Waals surface area contributed by atoms with Crippen molar-refractivity contribution in [3.63, 3.8) is 0 Å². The van der Waals surface area contributed by atoms with Gasteiger partial charge in [0, 0.05) is 11.6 Å². The van der Waals surface area contributed by atoms with Crippen LogP contribution in [0.4, 0.5) is 5.82 Å². The van der Waals surface area contributed by atoms with Crippen molar-refractivity contribution in [3.8, 4) is 0 Å². The predicted octanol–water partition coefficient (Wildman–Crippen LogP) is 2.11. The Morgan fingerprint density at radius 1 is 1.58 bits per heavy atom. The molecule has 4 heteroatoms. The predicted molar refractivity (Wildman–Crippen MR) is 50.3 cm³/mol. The van der Waals surface area contributed by atoms with Gasteiger partial charge in [0.05, 0.1) is 5.02 Å². The standard InChI is InChI=1S/C8H8ClN3/c1-4-2-5-6(9)7(10)12-8(5)11-3-4/h2-3H,10H2,1H3,(H,11,12). The number of nitrogen functional groups attached to an aromatic ring is 1. The molecule has 2 rings (SSSR count). The van der Waals surface area contributed by atoms with E-state index in [0.29, 0.717) is 10.8 Å². The lowest BCUT2D eigenvalue weighted by Gasteiger charge is -1.91. The Kier molecular flexibility index (Phi) is 1.48. The molecule has 0 unspecified atom stereocenters. The minimum absolute atomic E-state index is 0.477. The number of anilines is 1. The van der Waals surface area contributed by atoms with Gasteiger partial charge in [-0.2, -0.15) is 0 Å². The lowest BCUT2D eigenvalue weighted by molar-refractivity contribution is 1.29. The summed E-state index contributed by atoms with van der Waals surface area (Å²) in [6.07, 6.45) is 1.77. The molecule has 0 bridgehead atoms. The number of pyridine rings is 1. The summed E-state index contributed by atoms with van der Waals surface area (Å²) in [5.74, 6) is 0.477. The van der Waals surface area contributed by atoms with Crippen molar-refractivity contribution in [2.45, 2.75) is 6.92 Å². The summed E-state index contributed by atoms with van der Waals surface area (Å²) < 4.78 is 0. The van der Waals surface area contributed by atoms with Crippen LogP contribution in [-0.2, 0) is 0 Å². The van der Waals surface area contributed by atoms with Crippen LogP contribution in [0.1, 0.15) is 5.56 Å². The molecule has 0 spiro atoms. The number of H-pyrrole nitrogens is 1. The van der Waals surface area contributed by atoms with E-state index < -0.39 is 0 Å². The summed E-state index contributed by atoms with van der Waals surface area (Å²) in [4.78, 5) is 7.03. The lowest BCUT2D eigenvalue weighted by atomic mass is 10.2. The van der Waals surface area contributed by atoms with Crippen LogP contribution in [0.2, 0.25) is 5.02 Å². The van der Waals surface area contributed by atoms with Crippen LogP contribution in [0.15, 0.2) is 12.3 Å². The first kappa shape index (κ1) is 7.43. The van der Waals surface area contributed by atoms with Crippen molar-refractivity contribution in [2.75, 3.05) is 5.73 Å². The van der Waals surface area contributed by atoms with E-state index in [-0.39, 0.29) is 0 Å². The van der Waals surface area contributed by atoms with E-state index >= 15 is 0 Å². The first-order valence-electron chi connectivity index (χ1n) is 3.58. The number of nitrogens with two attached hydrogens (primary N) is 1. The molecule has 2 aromatic heterocycles. The van der Waals surface area contributed by atoms with Crippen molar-refractivity contribution < 1.29 is 0 Å². The number of aromatic amines is 1. The topological polar surface area (TPSA) is 54.7 Å². The second-order valence-corrected chi connectivity index (χ2v) is 3.14. The summed E-state index contributed by atoms with van der Waals surface area (Å²) in [6.45, 7) is 1.96. The van der Waals surface area contributed by atoms with Gasteiger partial charge < -0.3 is 10.7 Å². The maximum atomic E-state index is 5.92. The Bertz CT molecular complexity index is 433. The quantitative estimate of drug-likeness (QED) is 0.654. The summed E-state index contributed by atoms with van der Waals surface area (Å²) in [5, 5.41) is 1.44. The first-order valence-corrected chi connectivity index (χ1v) is 3.95. The highest BCUT2D eigenvalue weighted by atomic mass is 35.5. The Hall–Kier alpha value is -1.22. The number of nitrogens with one attached hydrogen (secondary N) is 1. The number of hydrogen-bond donors (Lipinski definition) is 2. The molecular weight excluding hydrogens is 174 g/mol.